The molecule has 0 unspecified atom stereocenters. The molecule has 0 heterocycles. The maximum absolute atomic E-state index is 12.8. The molecule has 31 heavy (non-hydrogen) atoms. The van der Waals surface area contributed by atoms with Gasteiger partial charge in [-0.15, -0.1) is 0 Å². The van der Waals surface area contributed by atoms with Gasteiger partial charge in [-0.25, -0.2) is 0 Å². The van der Waals surface area contributed by atoms with Gasteiger partial charge in [-0.05, 0) is 55.8 Å². The monoisotopic (exact) mass is 417 g/mol. The van der Waals surface area contributed by atoms with Crippen LogP contribution in [0.4, 0.5) is 11.4 Å². The van der Waals surface area contributed by atoms with Crippen LogP contribution in [0.15, 0.2) is 78.9 Å². The van der Waals surface area contributed by atoms with Crippen molar-refractivity contribution in [3.8, 4) is 5.75 Å². The lowest BCUT2D eigenvalue weighted by Gasteiger charge is -2.15. The summed E-state index contributed by atoms with van der Waals surface area (Å²) in [5.74, 6) is 0.222. The molecule has 3 aromatic carbocycles. The smallest absolute Gasteiger partial charge is 0.257 e. The summed E-state index contributed by atoms with van der Waals surface area (Å²) in [5.41, 5.74) is 2.60. The minimum atomic E-state index is -0.300. The number of nitrogens with one attached hydrogen (secondary N) is 3. The molecule has 0 saturated carbocycles. The van der Waals surface area contributed by atoms with Crippen molar-refractivity contribution in [1.29, 1.82) is 0 Å². The Balaban J connectivity index is 1.60. The number of carbonyl (C=O) groups is 2. The number of benzene rings is 3. The quantitative estimate of drug-likeness (QED) is 0.474. The molecule has 3 aromatic rings. The van der Waals surface area contributed by atoms with Gasteiger partial charge in [-0.1, -0.05) is 42.5 Å². The van der Waals surface area contributed by atoms with E-state index in [2.05, 4.69) is 16.0 Å². The van der Waals surface area contributed by atoms with Crippen LogP contribution in [0.1, 0.15) is 35.8 Å². The molecule has 0 spiro atoms. The van der Waals surface area contributed by atoms with E-state index < -0.39 is 0 Å². The average Bonchev–Trinajstić information content (AvgIpc) is 2.80. The number of ether oxygens (including phenoxy) is 1. The third kappa shape index (κ3) is 6.42. The fourth-order valence-electron chi connectivity index (χ4n) is 3.09. The van der Waals surface area contributed by atoms with Gasteiger partial charge in [0.05, 0.1) is 24.4 Å². The van der Waals surface area contributed by atoms with E-state index in [1.54, 1.807) is 48.5 Å². The van der Waals surface area contributed by atoms with E-state index in [4.69, 9.17) is 4.74 Å². The molecule has 0 aliphatic heterocycles. The van der Waals surface area contributed by atoms with E-state index in [-0.39, 0.29) is 24.4 Å². The third-order valence-corrected chi connectivity index (χ3v) is 4.74. The van der Waals surface area contributed by atoms with Gasteiger partial charge in [-0.2, -0.15) is 0 Å². The molecule has 0 aliphatic carbocycles. The summed E-state index contributed by atoms with van der Waals surface area (Å²) in [7, 11) is 0. The highest BCUT2D eigenvalue weighted by Crippen LogP contribution is 2.20. The minimum absolute atomic E-state index is 0.0325. The lowest BCUT2D eigenvalue weighted by Crippen LogP contribution is -2.30. The van der Waals surface area contributed by atoms with E-state index >= 15 is 0 Å². The van der Waals surface area contributed by atoms with Gasteiger partial charge < -0.3 is 20.7 Å². The molecule has 3 rings (SSSR count). The Bertz CT molecular complexity index is 1000. The van der Waals surface area contributed by atoms with Crippen LogP contribution in [0.3, 0.4) is 0 Å². The second-order valence-electron chi connectivity index (χ2n) is 7.02. The Morgan fingerprint density at radius 1 is 0.871 bits per heavy atom. The second kappa shape index (κ2) is 10.9. The van der Waals surface area contributed by atoms with Crippen LogP contribution >= 0.6 is 0 Å². The van der Waals surface area contributed by atoms with Gasteiger partial charge in [0, 0.05) is 11.7 Å². The molecule has 0 saturated heterocycles. The van der Waals surface area contributed by atoms with Gasteiger partial charge in [0.25, 0.3) is 5.91 Å². The van der Waals surface area contributed by atoms with Crippen LogP contribution in [-0.4, -0.2) is 25.0 Å². The molecule has 3 N–H and O–H groups in total. The zero-order valence-electron chi connectivity index (χ0n) is 17.7. The standard InChI is InChI=1S/C25H27N3O3/c1-3-31-21-15-13-20(14-16-21)27-25(30)22-11-7-8-12-23(22)28-24(29)17-26-18(2)19-9-5-4-6-10-19/h4-16,18,26H,3,17H2,1-2H3,(H,27,30)(H,28,29)/t18-/m1/s1. The first kappa shape index (κ1) is 22.1. The number of carbonyl (C=O) groups excluding carboxylic acids is 2. The molecular weight excluding hydrogens is 390 g/mol. The number of para-hydroxylation sites is 1. The summed E-state index contributed by atoms with van der Waals surface area (Å²) in [6.45, 7) is 4.63. The van der Waals surface area contributed by atoms with E-state index in [9.17, 15) is 9.59 Å². The molecule has 0 fully saturated rings. The first-order chi connectivity index (χ1) is 15.1. The van der Waals surface area contributed by atoms with Gasteiger partial charge in [0.15, 0.2) is 0 Å². The predicted molar refractivity (Wildman–Crippen MR) is 123 cm³/mol. The van der Waals surface area contributed by atoms with Gasteiger partial charge in [0.1, 0.15) is 5.75 Å². The maximum Gasteiger partial charge on any atom is 0.257 e. The van der Waals surface area contributed by atoms with Crippen LogP contribution < -0.4 is 20.7 Å². The fourth-order valence-corrected chi connectivity index (χ4v) is 3.09. The van der Waals surface area contributed by atoms with Crippen molar-refractivity contribution in [3.63, 3.8) is 0 Å². The highest BCUT2D eigenvalue weighted by Gasteiger charge is 2.14. The lowest BCUT2D eigenvalue weighted by atomic mass is 10.1. The molecule has 0 aliphatic rings. The first-order valence-corrected chi connectivity index (χ1v) is 10.3. The normalized spacial score (nSPS) is 11.4. The topological polar surface area (TPSA) is 79.5 Å². The van der Waals surface area contributed by atoms with Crippen molar-refractivity contribution in [2.75, 3.05) is 23.8 Å². The molecule has 6 heteroatoms. The summed E-state index contributed by atoms with van der Waals surface area (Å²) in [4.78, 5) is 25.2. The maximum atomic E-state index is 12.8. The van der Waals surface area contributed by atoms with E-state index in [0.717, 1.165) is 11.3 Å². The summed E-state index contributed by atoms with van der Waals surface area (Å²) < 4.78 is 5.42. The number of hydrogen-bond acceptors (Lipinski definition) is 4. The third-order valence-electron chi connectivity index (χ3n) is 4.74. The molecule has 1 atom stereocenters. The Kier molecular flexibility index (Phi) is 7.79. The van der Waals surface area contributed by atoms with Crippen LogP contribution in [-0.2, 0) is 4.79 Å². The molecule has 0 aromatic heterocycles. The largest absolute Gasteiger partial charge is 0.494 e. The summed E-state index contributed by atoms with van der Waals surface area (Å²) in [5, 5.41) is 8.88. The lowest BCUT2D eigenvalue weighted by molar-refractivity contribution is -0.115. The summed E-state index contributed by atoms with van der Waals surface area (Å²) in [6.07, 6.45) is 0. The summed E-state index contributed by atoms with van der Waals surface area (Å²) in [6, 6.07) is 24.0. The zero-order chi connectivity index (χ0) is 22.1. The van der Waals surface area contributed by atoms with E-state index in [0.29, 0.717) is 23.5 Å². The number of hydrogen-bond donors (Lipinski definition) is 3. The molecule has 0 bridgehead atoms. The molecular formula is C25H27N3O3. The zero-order valence-corrected chi connectivity index (χ0v) is 17.7. The number of anilines is 2. The van der Waals surface area contributed by atoms with Crippen molar-refractivity contribution >= 4 is 23.2 Å². The number of amides is 2. The van der Waals surface area contributed by atoms with Crippen LogP contribution in [0.2, 0.25) is 0 Å². The Morgan fingerprint density at radius 2 is 1.55 bits per heavy atom. The molecule has 2 amide bonds. The highest BCUT2D eigenvalue weighted by atomic mass is 16.5. The molecule has 0 radical (unpaired) electrons. The van der Waals surface area contributed by atoms with Crippen molar-refractivity contribution in [2.24, 2.45) is 0 Å². The van der Waals surface area contributed by atoms with Crippen molar-refractivity contribution in [3.05, 3.63) is 90.0 Å². The Morgan fingerprint density at radius 3 is 2.26 bits per heavy atom. The second-order valence-corrected chi connectivity index (χ2v) is 7.02. The van der Waals surface area contributed by atoms with E-state index in [1.165, 1.54) is 0 Å². The van der Waals surface area contributed by atoms with Gasteiger partial charge in [-0.3, -0.25) is 9.59 Å². The molecule has 6 nitrogen and oxygen atoms in total. The predicted octanol–water partition coefficient (Wildman–Crippen LogP) is 4.63. The highest BCUT2D eigenvalue weighted by molar-refractivity contribution is 6.10. The SMILES string of the molecule is CCOc1ccc(NC(=O)c2ccccc2NC(=O)CN[C@H](C)c2ccccc2)cc1. The fraction of sp³-hybridized carbons (Fsp3) is 0.200. The van der Waals surface area contributed by atoms with Gasteiger partial charge in [0.2, 0.25) is 5.91 Å². The molecule has 160 valence electrons. The number of rotatable bonds is 9. The minimum Gasteiger partial charge on any atom is -0.494 e. The van der Waals surface area contributed by atoms with Crippen molar-refractivity contribution in [2.45, 2.75) is 19.9 Å². The first-order valence-electron chi connectivity index (χ1n) is 10.3. The van der Waals surface area contributed by atoms with Gasteiger partial charge >= 0.3 is 0 Å². The van der Waals surface area contributed by atoms with Crippen molar-refractivity contribution < 1.29 is 14.3 Å². The van der Waals surface area contributed by atoms with Crippen LogP contribution in [0.5, 0.6) is 5.75 Å². The van der Waals surface area contributed by atoms with Crippen LogP contribution in [0.25, 0.3) is 0 Å². The Labute approximate surface area is 182 Å². The average molecular weight is 418 g/mol. The Hall–Kier alpha value is -3.64. The van der Waals surface area contributed by atoms with Crippen molar-refractivity contribution in [1.82, 2.24) is 5.32 Å². The summed E-state index contributed by atoms with van der Waals surface area (Å²) >= 11 is 0. The van der Waals surface area contributed by atoms with E-state index in [1.807, 2.05) is 44.2 Å². The van der Waals surface area contributed by atoms with Crippen LogP contribution in [0, 0.1) is 0 Å².